The Balaban J connectivity index is 2.75. The fraction of sp³-hybridized carbons (Fsp3) is 0.462. The molecular weight excluding hydrogens is 251 g/mol. The van der Waals surface area contributed by atoms with Gasteiger partial charge in [-0.2, -0.15) is 0 Å². The van der Waals surface area contributed by atoms with Gasteiger partial charge in [-0.1, -0.05) is 13.8 Å². The van der Waals surface area contributed by atoms with Crippen molar-refractivity contribution in [3.8, 4) is 0 Å². The number of methoxy groups -OCH3 is 1. The number of hydrogen-bond acceptors (Lipinski definition) is 4. The van der Waals surface area contributed by atoms with E-state index in [1.54, 1.807) is 0 Å². The van der Waals surface area contributed by atoms with E-state index in [-0.39, 0.29) is 11.6 Å². The normalized spacial score (nSPS) is 12.1. The molecule has 1 atom stereocenters. The number of hydrogen-bond donors (Lipinski definition) is 1. The van der Waals surface area contributed by atoms with Crippen LogP contribution in [-0.2, 0) is 9.53 Å². The maximum absolute atomic E-state index is 12.7. The van der Waals surface area contributed by atoms with E-state index in [1.807, 2.05) is 13.8 Å². The van der Waals surface area contributed by atoms with Crippen molar-refractivity contribution in [3.05, 3.63) is 29.8 Å². The fourth-order valence-corrected chi connectivity index (χ4v) is 1.57. The minimum Gasteiger partial charge on any atom is -0.467 e. The summed E-state index contributed by atoms with van der Waals surface area (Å²) in [4.78, 5) is 27.1. The van der Waals surface area contributed by atoms with E-state index in [9.17, 15) is 14.0 Å². The van der Waals surface area contributed by atoms with Gasteiger partial charge in [0.05, 0.1) is 13.3 Å². The van der Waals surface area contributed by atoms with Crippen LogP contribution in [0.5, 0.6) is 0 Å². The Labute approximate surface area is 111 Å². The Bertz CT molecular complexity index is 446. The predicted molar refractivity (Wildman–Crippen MR) is 66.9 cm³/mol. The third kappa shape index (κ3) is 4.65. The van der Waals surface area contributed by atoms with Gasteiger partial charge in [-0.15, -0.1) is 0 Å². The summed E-state index contributed by atoms with van der Waals surface area (Å²) in [7, 11) is 1.26. The SMILES string of the molecule is COC(=O)C(CC(C)C)NC(=O)c1ccc(F)cn1. The van der Waals surface area contributed by atoms with Gasteiger partial charge in [-0.05, 0) is 24.5 Å². The number of rotatable bonds is 5. The number of carbonyl (C=O) groups is 2. The first-order valence-electron chi connectivity index (χ1n) is 5.94. The number of nitrogens with one attached hydrogen (secondary N) is 1. The Kier molecular flexibility index (Phi) is 5.41. The number of carbonyl (C=O) groups excluding carboxylic acids is 2. The lowest BCUT2D eigenvalue weighted by Crippen LogP contribution is -2.42. The van der Waals surface area contributed by atoms with Crippen LogP contribution in [-0.4, -0.2) is 30.0 Å². The number of halogens is 1. The van der Waals surface area contributed by atoms with Crippen LogP contribution < -0.4 is 5.32 Å². The molecule has 6 heteroatoms. The highest BCUT2D eigenvalue weighted by atomic mass is 19.1. The number of aromatic nitrogens is 1. The number of esters is 1. The highest BCUT2D eigenvalue weighted by Crippen LogP contribution is 2.07. The van der Waals surface area contributed by atoms with Crippen molar-refractivity contribution in [1.29, 1.82) is 0 Å². The van der Waals surface area contributed by atoms with Gasteiger partial charge in [-0.3, -0.25) is 4.79 Å². The highest BCUT2D eigenvalue weighted by molar-refractivity contribution is 5.95. The van der Waals surface area contributed by atoms with Crippen LogP contribution in [0.4, 0.5) is 4.39 Å². The third-order valence-electron chi connectivity index (χ3n) is 2.46. The molecule has 1 heterocycles. The third-order valence-corrected chi connectivity index (χ3v) is 2.46. The van der Waals surface area contributed by atoms with Gasteiger partial charge in [0.25, 0.3) is 5.91 Å². The molecule has 0 aliphatic heterocycles. The van der Waals surface area contributed by atoms with Crippen molar-refractivity contribution in [2.45, 2.75) is 26.3 Å². The lowest BCUT2D eigenvalue weighted by atomic mass is 10.0. The van der Waals surface area contributed by atoms with Gasteiger partial charge in [-0.25, -0.2) is 14.2 Å². The minimum atomic E-state index is -0.732. The van der Waals surface area contributed by atoms with Crippen molar-refractivity contribution < 1.29 is 18.7 Å². The molecule has 1 aromatic heterocycles. The second-order valence-electron chi connectivity index (χ2n) is 4.54. The average Bonchev–Trinajstić information content (AvgIpc) is 2.37. The van der Waals surface area contributed by atoms with Gasteiger partial charge in [0.15, 0.2) is 0 Å². The van der Waals surface area contributed by atoms with Crippen molar-refractivity contribution in [1.82, 2.24) is 10.3 Å². The minimum absolute atomic E-state index is 0.0547. The Morgan fingerprint density at radius 3 is 2.58 bits per heavy atom. The Hall–Kier alpha value is -1.98. The van der Waals surface area contributed by atoms with Crippen LogP contribution in [0.25, 0.3) is 0 Å². The van der Waals surface area contributed by atoms with Crippen LogP contribution in [0.3, 0.4) is 0 Å². The fourth-order valence-electron chi connectivity index (χ4n) is 1.57. The van der Waals surface area contributed by atoms with Crippen LogP contribution in [0, 0.1) is 11.7 Å². The first-order chi connectivity index (χ1) is 8.93. The van der Waals surface area contributed by atoms with Gasteiger partial charge in [0, 0.05) is 0 Å². The summed E-state index contributed by atoms with van der Waals surface area (Å²) in [6.07, 6.45) is 1.41. The van der Waals surface area contributed by atoms with Gasteiger partial charge in [0.1, 0.15) is 17.6 Å². The zero-order valence-corrected chi connectivity index (χ0v) is 11.1. The molecule has 0 aromatic carbocycles. The van der Waals surface area contributed by atoms with Crippen LogP contribution >= 0.6 is 0 Å². The van der Waals surface area contributed by atoms with E-state index >= 15 is 0 Å². The molecular formula is C13H17FN2O3. The summed E-state index contributed by atoms with van der Waals surface area (Å²) in [5.41, 5.74) is 0.0547. The molecule has 0 aliphatic rings. The molecule has 0 saturated heterocycles. The summed E-state index contributed by atoms with van der Waals surface area (Å²) in [5.74, 6) is -1.35. The second-order valence-corrected chi connectivity index (χ2v) is 4.54. The van der Waals surface area contributed by atoms with Gasteiger partial charge < -0.3 is 10.1 Å². The zero-order chi connectivity index (χ0) is 14.4. The van der Waals surface area contributed by atoms with E-state index in [4.69, 9.17) is 0 Å². The molecule has 0 saturated carbocycles. The van der Waals surface area contributed by atoms with Gasteiger partial charge in [0.2, 0.25) is 0 Å². The number of nitrogens with zero attached hydrogens (tertiary/aromatic N) is 1. The molecule has 0 bridgehead atoms. The largest absolute Gasteiger partial charge is 0.467 e. The lowest BCUT2D eigenvalue weighted by molar-refractivity contribution is -0.143. The van der Waals surface area contributed by atoms with Crippen LogP contribution in [0.15, 0.2) is 18.3 Å². The van der Waals surface area contributed by atoms with Crippen molar-refractivity contribution in [2.24, 2.45) is 5.92 Å². The maximum Gasteiger partial charge on any atom is 0.328 e. The predicted octanol–water partition coefficient (Wildman–Crippen LogP) is 1.54. The van der Waals surface area contributed by atoms with Crippen LogP contribution in [0.1, 0.15) is 30.8 Å². The average molecular weight is 268 g/mol. The number of ether oxygens (including phenoxy) is 1. The first kappa shape index (κ1) is 15.1. The lowest BCUT2D eigenvalue weighted by Gasteiger charge is -2.17. The molecule has 0 spiro atoms. The van der Waals surface area contributed by atoms with E-state index in [0.717, 1.165) is 12.3 Å². The molecule has 0 fully saturated rings. The second kappa shape index (κ2) is 6.82. The molecule has 5 nitrogen and oxygen atoms in total. The molecule has 1 amide bonds. The summed E-state index contributed by atoms with van der Waals surface area (Å²) < 4.78 is 17.3. The molecule has 0 aliphatic carbocycles. The molecule has 1 N–H and O–H groups in total. The van der Waals surface area contributed by atoms with E-state index in [0.29, 0.717) is 6.42 Å². The quantitative estimate of drug-likeness (QED) is 0.822. The molecule has 1 aromatic rings. The van der Waals surface area contributed by atoms with Crippen molar-refractivity contribution >= 4 is 11.9 Å². The number of pyridine rings is 1. The van der Waals surface area contributed by atoms with Crippen molar-refractivity contribution in [3.63, 3.8) is 0 Å². The van der Waals surface area contributed by atoms with E-state index in [1.165, 1.54) is 13.2 Å². The van der Waals surface area contributed by atoms with E-state index in [2.05, 4.69) is 15.0 Å². The molecule has 1 rings (SSSR count). The van der Waals surface area contributed by atoms with E-state index < -0.39 is 23.7 Å². The smallest absolute Gasteiger partial charge is 0.328 e. The molecule has 0 radical (unpaired) electrons. The summed E-state index contributed by atoms with van der Waals surface area (Å²) in [5, 5.41) is 2.54. The Morgan fingerprint density at radius 1 is 1.42 bits per heavy atom. The van der Waals surface area contributed by atoms with Crippen LogP contribution in [0.2, 0.25) is 0 Å². The Morgan fingerprint density at radius 2 is 2.11 bits per heavy atom. The zero-order valence-electron chi connectivity index (χ0n) is 11.1. The number of amides is 1. The summed E-state index contributed by atoms with van der Waals surface area (Å²) in [6.45, 7) is 3.86. The monoisotopic (exact) mass is 268 g/mol. The maximum atomic E-state index is 12.7. The molecule has 19 heavy (non-hydrogen) atoms. The first-order valence-corrected chi connectivity index (χ1v) is 5.94. The van der Waals surface area contributed by atoms with Gasteiger partial charge >= 0.3 is 5.97 Å². The summed E-state index contributed by atoms with van der Waals surface area (Å²) >= 11 is 0. The molecule has 104 valence electrons. The topological polar surface area (TPSA) is 68.3 Å². The standard InChI is InChI=1S/C13H17FN2O3/c1-8(2)6-11(13(18)19-3)16-12(17)10-5-4-9(14)7-15-10/h4-5,7-8,11H,6H2,1-3H3,(H,16,17). The van der Waals surface area contributed by atoms with Crippen molar-refractivity contribution in [2.75, 3.05) is 7.11 Å². The summed E-state index contributed by atoms with van der Waals surface area (Å²) in [6, 6.07) is 1.66. The molecule has 1 unspecified atom stereocenters. The highest BCUT2D eigenvalue weighted by Gasteiger charge is 2.23.